The molecule has 0 aromatic heterocycles. The van der Waals surface area contributed by atoms with Crippen LogP contribution in [0.5, 0.6) is 11.5 Å². The fraction of sp³-hybridized carbons (Fsp3) is 0.391. The highest BCUT2D eigenvalue weighted by atomic mass is 16.7. The zero-order valence-electron chi connectivity index (χ0n) is 17.4. The third-order valence-electron chi connectivity index (χ3n) is 5.11. The van der Waals surface area contributed by atoms with Gasteiger partial charge >= 0.3 is 0 Å². The lowest BCUT2D eigenvalue weighted by atomic mass is 10.0. The van der Waals surface area contributed by atoms with Crippen molar-refractivity contribution in [3.63, 3.8) is 0 Å². The van der Waals surface area contributed by atoms with E-state index >= 15 is 0 Å². The molecular formula is C23H28N2O4. The molecule has 1 atom stereocenters. The number of carbonyl (C=O) groups excluding carboxylic acids is 2. The summed E-state index contributed by atoms with van der Waals surface area (Å²) in [6.07, 6.45) is 0. The number of likely N-dealkylation sites (N-methyl/N-ethyl adjacent to an activating group) is 1. The van der Waals surface area contributed by atoms with Gasteiger partial charge in [0, 0.05) is 18.7 Å². The Balaban J connectivity index is 1.74. The molecule has 1 N–H and O–H groups in total. The van der Waals surface area contributed by atoms with Crippen molar-refractivity contribution in [1.82, 2.24) is 10.2 Å². The summed E-state index contributed by atoms with van der Waals surface area (Å²) >= 11 is 0. The second kappa shape index (κ2) is 8.99. The SMILES string of the molecule is CCN(Cc1ccc2c(c1)OCO2)C(=O)C(NC(=O)c1ccccc1C)C(C)C. The first-order valence-electron chi connectivity index (χ1n) is 9.94. The molecule has 1 aliphatic heterocycles. The number of fused-ring (bicyclic) bond motifs is 1. The highest BCUT2D eigenvalue weighted by Gasteiger charge is 2.29. The van der Waals surface area contributed by atoms with Crippen LogP contribution in [0.3, 0.4) is 0 Å². The summed E-state index contributed by atoms with van der Waals surface area (Å²) in [7, 11) is 0. The number of nitrogens with zero attached hydrogens (tertiary/aromatic N) is 1. The number of ether oxygens (including phenoxy) is 2. The summed E-state index contributed by atoms with van der Waals surface area (Å²) in [6, 6.07) is 12.5. The molecule has 0 bridgehead atoms. The third kappa shape index (κ3) is 4.70. The summed E-state index contributed by atoms with van der Waals surface area (Å²) in [5, 5.41) is 2.94. The molecule has 0 radical (unpaired) electrons. The molecule has 6 heteroatoms. The molecule has 1 aliphatic rings. The Bertz CT molecular complexity index is 894. The lowest BCUT2D eigenvalue weighted by Gasteiger charge is -2.29. The van der Waals surface area contributed by atoms with Crippen LogP contribution in [-0.4, -0.2) is 36.1 Å². The van der Waals surface area contributed by atoms with Crippen LogP contribution in [0.25, 0.3) is 0 Å². The van der Waals surface area contributed by atoms with Gasteiger partial charge < -0.3 is 19.7 Å². The highest BCUT2D eigenvalue weighted by molar-refractivity contribution is 5.98. The summed E-state index contributed by atoms with van der Waals surface area (Å²) in [4.78, 5) is 27.8. The molecule has 0 aliphatic carbocycles. The van der Waals surface area contributed by atoms with Crippen molar-refractivity contribution in [3.8, 4) is 11.5 Å². The Morgan fingerprint density at radius 2 is 1.83 bits per heavy atom. The van der Waals surface area contributed by atoms with Gasteiger partial charge in [0.15, 0.2) is 11.5 Å². The summed E-state index contributed by atoms with van der Waals surface area (Å²) in [5.41, 5.74) is 2.43. The van der Waals surface area contributed by atoms with Crippen molar-refractivity contribution in [1.29, 1.82) is 0 Å². The second-order valence-corrected chi connectivity index (χ2v) is 7.55. The zero-order valence-corrected chi connectivity index (χ0v) is 17.4. The van der Waals surface area contributed by atoms with E-state index in [4.69, 9.17) is 9.47 Å². The molecule has 0 spiro atoms. The van der Waals surface area contributed by atoms with Crippen LogP contribution in [0.1, 0.15) is 42.3 Å². The highest BCUT2D eigenvalue weighted by Crippen LogP contribution is 2.32. The molecule has 2 amide bonds. The van der Waals surface area contributed by atoms with Crippen LogP contribution < -0.4 is 14.8 Å². The van der Waals surface area contributed by atoms with E-state index in [0.29, 0.717) is 30.2 Å². The predicted molar refractivity (Wildman–Crippen MR) is 111 cm³/mol. The first-order valence-corrected chi connectivity index (χ1v) is 9.94. The van der Waals surface area contributed by atoms with E-state index in [1.807, 2.05) is 64.1 Å². The third-order valence-corrected chi connectivity index (χ3v) is 5.11. The lowest BCUT2D eigenvalue weighted by Crippen LogP contribution is -2.51. The average Bonchev–Trinajstić information content (AvgIpc) is 3.17. The second-order valence-electron chi connectivity index (χ2n) is 7.55. The van der Waals surface area contributed by atoms with Crippen LogP contribution in [0.15, 0.2) is 42.5 Å². The first-order chi connectivity index (χ1) is 13.9. The topological polar surface area (TPSA) is 67.9 Å². The normalized spacial score (nSPS) is 13.3. The van der Waals surface area contributed by atoms with Crippen molar-refractivity contribution < 1.29 is 19.1 Å². The van der Waals surface area contributed by atoms with E-state index in [9.17, 15) is 9.59 Å². The number of hydrogen-bond donors (Lipinski definition) is 1. The minimum Gasteiger partial charge on any atom is -0.454 e. The number of aryl methyl sites for hydroxylation is 1. The molecule has 2 aromatic rings. The van der Waals surface area contributed by atoms with Gasteiger partial charge in [-0.1, -0.05) is 38.1 Å². The van der Waals surface area contributed by atoms with Gasteiger partial charge in [0.2, 0.25) is 12.7 Å². The predicted octanol–water partition coefficient (Wildman–Crippen LogP) is 3.53. The minimum atomic E-state index is -0.601. The van der Waals surface area contributed by atoms with E-state index in [2.05, 4.69) is 5.32 Å². The van der Waals surface area contributed by atoms with Crippen LogP contribution in [-0.2, 0) is 11.3 Å². The Morgan fingerprint density at radius 1 is 1.10 bits per heavy atom. The molecule has 1 unspecified atom stereocenters. The van der Waals surface area contributed by atoms with E-state index in [1.165, 1.54) is 0 Å². The van der Waals surface area contributed by atoms with Crippen LogP contribution in [0.2, 0.25) is 0 Å². The van der Waals surface area contributed by atoms with E-state index < -0.39 is 6.04 Å². The largest absolute Gasteiger partial charge is 0.454 e. The van der Waals surface area contributed by atoms with Gasteiger partial charge in [0.1, 0.15) is 6.04 Å². The molecule has 6 nitrogen and oxygen atoms in total. The molecule has 0 saturated heterocycles. The molecule has 29 heavy (non-hydrogen) atoms. The van der Waals surface area contributed by atoms with Gasteiger partial charge in [-0.15, -0.1) is 0 Å². The maximum atomic E-state index is 13.3. The number of rotatable bonds is 7. The van der Waals surface area contributed by atoms with E-state index in [1.54, 1.807) is 11.0 Å². The summed E-state index contributed by atoms with van der Waals surface area (Å²) in [6.45, 7) is 8.90. The smallest absolute Gasteiger partial charge is 0.252 e. The quantitative estimate of drug-likeness (QED) is 0.778. The maximum absolute atomic E-state index is 13.3. The van der Waals surface area contributed by atoms with Crippen molar-refractivity contribution in [3.05, 3.63) is 59.2 Å². The van der Waals surface area contributed by atoms with Crippen LogP contribution in [0.4, 0.5) is 0 Å². The van der Waals surface area contributed by atoms with Crippen molar-refractivity contribution in [2.75, 3.05) is 13.3 Å². The molecular weight excluding hydrogens is 368 g/mol. The number of amides is 2. The Morgan fingerprint density at radius 3 is 2.52 bits per heavy atom. The Labute approximate surface area is 171 Å². The minimum absolute atomic E-state index is 0.0405. The monoisotopic (exact) mass is 396 g/mol. The fourth-order valence-electron chi connectivity index (χ4n) is 3.36. The van der Waals surface area contributed by atoms with Crippen molar-refractivity contribution in [2.45, 2.75) is 40.3 Å². The van der Waals surface area contributed by atoms with E-state index in [0.717, 1.165) is 11.1 Å². The van der Waals surface area contributed by atoms with E-state index in [-0.39, 0.29) is 24.5 Å². The zero-order chi connectivity index (χ0) is 21.0. The van der Waals surface area contributed by atoms with Gasteiger partial charge in [0.25, 0.3) is 5.91 Å². The molecule has 0 fully saturated rings. The average molecular weight is 396 g/mol. The standard InChI is InChI=1S/C23H28N2O4/c1-5-25(13-17-10-11-19-20(12-17)29-14-28-19)23(27)21(15(2)3)24-22(26)18-9-7-6-8-16(18)4/h6-12,15,21H,5,13-14H2,1-4H3,(H,24,26). The number of benzene rings is 2. The van der Waals surface area contributed by atoms with Crippen LogP contribution in [0, 0.1) is 12.8 Å². The fourth-order valence-corrected chi connectivity index (χ4v) is 3.36. The molecule has 154 valence electrons. The molecule has 3 rings (SSSR count). The molecule has 0 saturated carbocycles. The number of hydrogen-bond acceptors (Lipinski definition) is 4. The van der Waals surface area contributed by atoms with Gasteiger partial charge in [0.05, 0.1) is 0 Å². The summed E-state index contributed by atoms with van der Waals surface area (Å²) < 4.78 is 10.8. The van der Waals surface area contributed by atoms with Gasteiger partial charge in [-0.3, -0.25) is 9.59 Å². The maximum Gasteiger partial charge on any atom is 0.252 e. The number of nitrogens with one attached hydrogen (secondary N) is 1. The Hall–Kier alpha value is -3.02. The molecule has 1 heterocycles. The first kappa shape index (κ1) is 20.7. The van der Waals surface area contributed by atoms with Gasteiger partial charge in [-0.05, 0) is 49.1 Å². The van der Waals surface area contributed by atoms with Gasteiger partial charge in [-0.25, -0.2) is 0 Å². The molecule has 2 aromatic carbocycles. The van der Waals surface area contributed by atoms with Crippen molar-refractivity contribution in [2.24, 2.45) is 5.92 Å². The van der Waals surface area contributed by atoms with Crippen LogP contribution >= 0.6 is 0 Å². The van der Waals surface area contributed by atoms with Gasteiger partial charge in [-0.2, -0.15) is 0 Å². The summed E-state index contributed by atoms with van der Waals surface area (Å²) in [5.74, 6) is 1.05. The number of carbonyl (C=O) groups is 2. The van der Waals surface area contributed by atoms with Crippen molar-refractivity contribution >= 4 is 11.8 Å². The Kier molecular flexibility index (Phi) is 6.42. The lowest BCUT2D eigenvalue weighted by molar-refractivity contribution is -0.134.